The molecule has 0 fully saturated rings. The third-order valence-electron chi connectivity index (χ3n) is 15.9. The molecule has 0 heterocycles. The van der Waals surface area contributed by atoms with Gasteiger partial charge in [0.1, 0.15) is 13.2 Å². The minimum absolute atomic E-state index is 0.0839. The van der Waals surface area contributed by atoms with Gasteiger partial charge in [-0.3, -0.25) is 14.4 Å². The van der Waals surface area contributed by atoms with Crippen LogP contribution in [0.25, 0.3) is 0 Å². The van der Waals surface area contributed by atoms with Crippen LogP contribution >= 0.6 is 0 Å². The number of carbonyl (C=O) groups excluding carboxylic acids is 3. The summed E-state index contributed by atoms with van der Waals surface area (Å²) in [7, 11) is 0. The molecule has 0 rings (SSSR count). The fraction of sp³-hybridized carbons (Fsp3) is 0.803. The van der Waals surface area contributed by atoms with E-state index in [1.807, 2.05) is 0 Å². The molecule has 0 aromatic heterocycles. The zero-order valence-electron chi connectivity index (χ0n) is 54.8. The van der Waals surface area contributed by atoms with Gasteiger partial charge in [-0.1, -0.05) is 318 Å². The van der Waals surface area contributed by atoms with Gasteiger partial charge in [-0.2, -0.15) is 0 Å². The highest BCUT2D eigenvalue weighted by Gasteiger charge is 2.19. The van der Waals surface area contributed by atoms with Gasteiger partial charge in [0, 0.05) is 19.3 Å². The van der Waals surface area contributed by atoms with Crippen LogP contribution in [0.4, 0.5) is 0 Å². The fourth-order valence-electron chi connectivity index (χ4n) is 10.5. The molecule has 0 aromatic carbocycles. The molecular weight excluding hydrogens is 1010 g/mol. The summed E-state index contributed by atoms with van der Waals surface area (Å²) in [6.07, 6.45) is 92.4. The Kier molecular flexibility index (Phi) is 67.6. The average molecular weight is 1150 g/mol. The Labute approximate surface area is 510 Å². The number of hydrogen-bond donors (Lipinski definition) is 0. The summed E-state index contributed by atoms with van der Waals surface area (Å²) < 4.78 is 16.9. The van der Waals surface area contributed by atoms with Crippen molar-refractivity contribution >= 4 is 17.9 Å². The summed E-state index contributed by atoms with van der Waals surface area (Å²) in [5.74, 6) is -0.897. The van der Waals surface area contributed by atoms with Crippen LogP contribution in [0.3, 0.4) is 0 Å². The predicted molar refractivity (Wildman–Crippen MR) is 358 cm³/mol. The van der Waals surface area contributed by atoms with Crippen LogP contribution in [0.2, 0.25) is 0 Å². The zero-order valence-corrected chi connectivity index (χ0v) is 54.8. The third kappa shape index (κ3) is 67.6. The van der Waals surface area contributed by atoms with Gasteiger partial charge >= 0.3 is 17.9 Å². The van der Waals surface area contributed by atoms with E-state index >= 15 is 0 Å². The first-order valence-electron chi connectivity index (χ1n) is 35.9. The maximum Gasteiger partial charge on any atom is 0.306 e. The third-order valence-corrected chi connectivity index (χ3v) is 15.9. The van der Waals surface area contributed by atoms with Crippen molar-refractivity contribution in [1.82, 2.24) is 0 Å². The molecule has 0 spiro atoms. The number of carbonyl (C=O) groups is 3. The number of allylic oxidation sites excluding steroid dienone is 12. The molecule has 1 unspecified atom stereocenters. The number of rotatable bonds is 66. The predicted octanol–water partition coefficient (Wildman–Crippen LogP) is 24.8. The lowest BCUT2D eigenvalue weighted by Crippen LogP contribution is -2.30. The van der Waals surface area contributed by atoms with Gasteiger partial charge in [0.2, 0.25) is 0 Å². The maximum atomic E-state index is 12.9. The largest absolute Gasteiger partial charge is 0.462 e. The number of ether oxygens (including phenoxy) is 3. The molecule has 0 saturated carbocycles. The van der Waals surface area contributed by atoms with E-state index in [1.54, 1.807) is 0 Å². The molecule has 82 heavy (non-hydrogen) atoms. The van der Waals surface area contributed by atoms with Crippen LogP contribution in [0.15, 0.2) is 72.9 Å². The number of hydrogen-bond acceptors (Lipinski definition) is 6. The van der Waals surface area contributed by atoms with Gasteiger partial charge < -0.3 is 14.2 Å². The summed E-state index contributed by atoms with van der Waals surface area (Å²) in [6, 6.07) is 0. The molecule has 0 N–H and O–H groups in total. The van der Waals surface area contributed by atoms with Gasteiger partial charge in [-0.25, -0.2) is 0 Å². The zero-order chi connectivity index (χ0) is 59.2. The minimum Gasteiger partial charge on any atom is -0.462 e. The first-order chi connectivity index (χ1) is 40.5. The molecule has 6 nitrogen and oxygen atoms in total. The van der Waals surface area contributed by atoms with Crippen molar-refractivity contribution < 1.29 is 28.6 Å². The lowest BCUT2D eigenvalue weighted by atomic mass is 10.0. The Hall–Kier alpha value is -3.15. The van der Waals surface area contributed by atoms with E-state index < -0.39 is 6.10 Å². The van der Waals surface area contributed by atoms with Crippen molar-refractivity contribution in [2.45, 2.75) is 380 Å². The second-order valence-electron chi connectivity index (χ2n) is 24.1. The molecule has 0 aliphatic carbocycles. The van der Waals surface area contributed by atoms with Crippen LogP contribution in [0.1, 0.15) is 374 Å². The van der Waals surface area contributed by atoms with E-state index in [-0.39, 0.29) is 31.1 Å². The highest BCUT2D eigenvalue weighted by molar-refractivity contribution is 5.71. The van der Waals surface area contributed by atoms with Crippen molar-refractivity contribution in [3.63, 3.8) is 0 Å². The number of unbranched alkanes of at least 4 members (excludes halogenated alkanes) is 43. The highest BCUT2D eigenvalue weighted by atomic mass is 16.6. The lowest BCUT2D eigenvalue weighted by Gasteiger charge is -2.18. The van der Waals surface area contributed by atoms with E-state index in [1.165, 1.54) is 212 Å². The van der Waals surface area contributed by atoms with Crippen LogP contribution in [0.5, 0.6) is 0 Å². The molecule has 1 atom stereocenters. The molecular formula is C76H136O6. The van der Waals surface area contributed by atoms with Crippen molar-refractivity contribution in [2.24, 2.45) is 0 Å². The minimum atomic E-state index is -0.790. The van der Waals surface area contributed by atoms with Crippen LogP contribution < -0.4 is 0 Å². The van der Waals surface area contributed by atoms with Crippen molar-refractivity contribution in [2.75, 3.05) is 13.2 Å². The molecule has 0 saturated heterocycles. The standard InChI is InChI=1S/C76H136O6/c1-4-7-10-13-16-19-22-25-28-30-31-32-33-34-35-36-37-38-39-40-41-42-43-44-45-46-49-51-54-57-60-63-66-69-75(78)81-72-73(71-80-74(77)68-65-62-59-56-53-50-47-27-24-21-18-15-12-9-6-3)82-76(79)70-67-64-61-58-55-52-48-29-26-23-20-17-14-11-8-5-2/h9,12,18,20-21,23,27,29-31,47-48,73H,4-8,10-11,13-17,19,22,24-26,28,32-46,49-72H2,1-3H3/b12-9-,21-18-,23-20-,31-30-,47-27-,48-29-. The van der Waals surface area contributed by atoms with E-state index in [4.69, 9.17) is 14.2 Å². The monoisotopic (exact) mass is 1150 g/mol. The first kappa shape index (κ1) is 78.8. The Morgan fingerprint density at radius 1 is 0.256 bits per heavy atom. The molecule has 0 aliphatic heterocycles. The first-order valence-corrected chi connectivity index (χ1v) is 35.9. The smallest absolute Gasteiger partial charge is 0.306 e. The molecule has 0 amide bonds. The Morgan fingerprint density at radius 2 is 0.476 bits per heavy atom. The van der Waals surface area contributed by atoms with E-state index in [0.717, 1.165) is 122 Å². The van der Waals surface area contributed by atoms with Gasteiger partial charge in [0.05, 0.1) is 0 Å². The maximum absolute atomic E-state index is 12.9. The highest BCUT2D eigenvalue weighted by Crippen LogP contribution is 2.18. The molecule has 0 bridgehead atoms. The summed E-state index contributed by atoms with van der Waals surface area (Å²) in [5, 5.41) is 0. The molecule has 0 aliphatic rings. The van der Waals surface area contributed by atoms with Crippen LogP contribution in [0, 0.1) is 0 Å². The second kappa shape index (κ2) is 70.3. The van der Waals surface area contributed by atoms with Gasteiger partial charge in [-0.15, -0.1) is 0 Å². The van der Waals surface area contributed by atoms with Gasteiger partial charge in [0.25, 0.3) is 0 Å². The van der Waals surface area contributed by atoms with E-state index in [2.05, 4.69) is 93.7 Å². The Balaban J connectivity index is 4.16. The second-order valence-corrected chi connectivity index (χ2v) is 24.1. The molecule has 476 valence electrons. The van der Waals surface area contributed by atoms with Gasteiger partial charge in [-0.05, 0) is 109 Å². The summed E-state index contributed by atoms with van der Waals surface area (Å²) in [5.41, 5.74) is 0. The molecule has 0 aromatic rings. The summed E-state index contributed by atoms with van der Waals surface area (Å²) in [6.45, 7) is 6.53. The quantitative estimate of drug-likeness (QED) is 0.0261. The lowest BCUT2D eigenvalue weighted by molar-refractivity contribution is -0.167. The molecule has 6 heteroatoms. The van der Waals surface area contributed by atoms with Gasteiger partial charge in [0.15, 0.2) is 6.10 Å². The average Bonchev–Trinajstić information content (AvgIpc) is 3.47. The Morgan fingerprint density at radius 3 is 0.768 bits per heavy atom. The molecule has 0 radical (unpaired) electrons. The van der Waals surface area contributed by atoms with Crippen molar-refractivity contribution in [3.05, 3.63) is 72.9 Å². The fourth-order valence-corrected chi connectivity index (χ4v) is 10.5. The van der Waals surface area contributed by atoms with Crippen LogP contribution in [-0.4, -0.2) is 37.2 Å². The Bertz CT molecular complexity index is 1500. The normalized spacial score (nSPS) is 12.5. The van der Waals surface area contributed by atoms with Crippen molar-refractivity contribution in [3.8, 4) is 0 Å². The number of esters is 3. The van der Waals surface area contributed by atoms with E-state index in [9.17, 15) is 14.4 Å². The summed E-state index contributed by atoms with van der Waals surface area (Å²) >= 11 is 0. The summed E-state index contributed by atoms with van der Waals surface area (Å²) in [4.78, 5) is 38.4. The SMILES string of the molecule is CC/C=C\C/C=C\C/C=C\CCCCCCCC(=O)OCC(COC(=O)CCCCCCCCCCCCCCCCCCCCCCC/C=C\CCCCCCCCCC)OC(=O)CCCCCCC/C=C\C/C=C\CCCCCC. The topological polar surface area (TPSA) is 78.9 Å². The van der Waals surface area contributed by atoms with Crippen LogP contribution in [-0.2, 0) is 28.6 Å². The van der Waals surface area contributed by atoms with Crippen molar-refractivity contribution in [1.29, 1.82) is 0 Å². The van der Waals surface area contributed by atoms with E-state index in [0.29, 0.717) is 19.3 Å².